The highest BCUT2D eigenvalue weighted by Crippen LogP contribution is 2.11. The van der Waals surface area contributed by atoms with E-state index in [9.17, 15) is 9.59 Å². The lowest BCUT2D eigenvalue weighted by molar-refractivity contribution is -0.139. The summed E-state index contributed by atoms with van der Waals surface area (Å²) in [6.45, 7) is 0.293. The standard InChI is InChI=1S/C11H14N4O3/c1-3-4-5-12-11(18)14-9(10(16)17)8-6-13-15(2)7-8/h1,6-7,9H,4-5H2,2H3,(H,16,17)(H2,12,14,18). The van der Waals surface area contributed by atoms with E-state index in [2.05, 4.69) is 21.7 Å². The molecule has 0 bridgehead atoms. The highest BCUT2D eigenvalue weighted by molar-refractivity contribution is 5.83. The maximum Gasteiger partial charge on any atom is 0.331 e. The van der Waals surface area contributed by atoms with Crippen molar-refractivity contribution in [3.63, 3.8) is 0 Å². The molecule has 0 fully saturated rings. The molecule has 1 rings (SSSR count). The lowest BCUT2D eigenvalue weighted by Gasteiger charge is -2.13. The molecule has 0 saturated carbocycles. The predicted molar refractivity (Wildman–Crippen MR) is 63.6 cm³/mol. The zero-order valence-corrected chi connectivity index (χ0v) is 9.88. The number of rotatable bonds is 5. The van der Waals surface area contributed by atoms with Crippen LogP contribution in [0.2, 0.25) is 0 Å². The first kappa shape index (κ1) is 13.6. The molecule has 1 unspecified atom stereocenters. The third-order valence-electron chi connectivity index (χ3n) is 2.14. The summed E-state index contributed by atoms with van der Waals surface area (Å²) >= 11 is 0. The van der Waals surface area contributed by atoms with Crippen LogP contribution in [0.1, 0.15) is 18.0 Å². The van der Waals surface area contributed by atoms with E-state index in [1.54, 1.807) is 7.05 Å². The van der Waals surface area contributed by atoms with Gasteiger partial charge in [-0.2, -0.15) is 5.10 Å². The third-order valence-corrected chi connectivity index (χ3v) is 2.14. The molecule has 3 N–H and O–H groups in total. The van der Waals surface area contributed by atoms with Crippen molar-refractivity contribution >= 4 is 12.0 Å². The van der Waals surface area contributed by atoms with Crippen LogP contribution in [0.5, 0.6) is 0 Å². The molecule has 7 nitrogen and oxygen atoms in total. The maximum absolute atomic E-state index is 11.4. The Morgan fingerprint density at radius 3 is 2.89 bits per heavy atom. The second-order valence-corrected chi connectivity index (χ2v) is 3.57. The fraction of sp³-hybridized carbons (Fsp3) is 0.364. The molecule has 1 atom stereocenters. The Balaban J connectivity index is 2.62. The molecule has 1 aromatic rings. The summed E-state index contributed by atoms with van der Waals surface area (Å²) in [7, 11) is 1.66. The zero-order chi connectivity index (χ0) is 13.5. The topological polar surface area (TPSA) is 96.2 Å². The van der Waals surface area contributed by atoms with Gasteiger partial charge in [-0.15, -0.1) is 12.3 Å². The van der Waals surface area contributed by atoms with E-state index in [0.717, 1.165) is 0 Å². The number of terminal acetylenes is 1. The molecule has 1 heterocycles. The average Bonchev–Trinajstić information content (AvgIpc) is 2.72. The van der Waals surface area contributed by atoms with Crippen LogP contribution in [0.4, 0.5) is 4.79 Å². The van der Waals surface area contributed by atoms with Gasteiger partial charge in [0.15, 0.2) is 6.04 Å². The van der Waals surface area contributed by atoms with Crippen molar-refractivity contribution in [3.8, 4) is 12.3 Å². The Kier molecular flexibility index (Phi) is 4.75. The van der Waals surface area contributed by atoms with E-state index in [4.69, 9.17) is 11.5 Å². The summed E-state index contributed by atoms with van der Waals surface area (Å²) in [6.07, 6.45) is 8.34. The molecule has 0 aliphatic rings. The van der Waals surface area contributed by atoms with Gasteiger partial charge in [-0.3, -0.25) is 4.68 Å². The Morgan fingerprint density at radius 2 is 2.39 bits per heavy atom. The van der Waals surface area contributed by atoms with Gasteiger partial charge in [-0.05, 0) is 0 Å². The largest absolute Gasteiger partial charge is 0.479 e. The molecular weight excluding hydrogens is 236 g/mol. The summed E-state index contributed by atoms with van der Waals surface area (Å²) in [5, 5.41) is 17.7. The monoisotopic (exact) mass is 250 g/mol. The average molecular weight is 250 g/mol. The number of nitrogens with zero attached hydrogens (tertiary/aromatic N) is 2. The van der Waals surface area contributed by atoms with Crippen molar-refractivity contribution < 1.29 is 14.7 Å². The second-order valence-electron chi connectivity index (χ2n) is 3.57. The van der Waals surface area contributed by atoms with Crippen LogP contribution in [0.15, 0.2) is 12.4 Å². The highest BCUT2D eigenvalue weighted by atomic mass is 16.4. The second kappa shape index (κ2) is 6.30. The number of urea groups is 1. The van der Waals surface area contributed by atoms with Gasteiger partial charge in [0.25, 0.3) is 0 Å². The smallest absolute Gasteiger partial charge is 0.331 e. The molecule has 0 radical (unpaired) electrons. The van der Waals surface area contributed by atoms with Gasteiger partial charge in [0.05, 0.1) is 6.20 Å². The van der Waals surface area contributed by atoms with Gasteiger partial charge in [0, 0.05) is 31.8 Å². The molecule has 96 valence electrons. The summed E-state index contributed by atoms with van der Waals surface area (Å²) in [4.78, 5) is 22.5. The Hall–Kier alpha value is -2.49. The SMILES string of the molecule is C#CCCNC(=O)NC(C(=O)O)c1cnn(C)c1. The Bertz CT molecular complexity index is 475. The summed E-state index contributed by atoms with van der Waals surface area (Å²) in [6, 6.07) is -1.72. The predicted octanol–water partition coefficient (Wildman–Crippen LogP) is -0.132. The van der Waals surface area contributed by atoms with Gasteiger partial charge in [0.2, 0.25) is 0 Å². The van der Waals surface area contributed by atoms with Crippen LogP contribution in [-0.2, 0) is 11.8 Å². The number of aliphatic carboxylic acids is 1. The number of carboxylic acid groups (broad SMARTS) is 1. The summed E-state index contributed by atoms with van der Waals surface area (Å²) in [5.74, 6) is 1.20. The van der Waals surface area contributed by atoms with Gasteiger partial charge in [-0.1, -0.05) is 0 Å². The molecule has 1 aromatic heterocycles. The lowest BCUT2D eigenvalue weighted by Crippen LogP contribution is -2.41. The van der Waals surface area contributed by atoms with Crippen LogP contribution in [-0.4, -0.2) is 33.4 Å². The Labute approximate surface area is 104 Å². The minimum Gasteiger partial charge on any atom is -0.479 e. The van der Waals surface area contributed by atoms with Crippen LogP contribution in [0.25, 0.3) is 0 Å². The number of hydrogen-bond donors (Lipinski definition) is 3. The van der Waals surface area contributed by atoms with Gasteiger partial charge >= 0.3 is 12.0 Å². The number of amides is 2. The normalized spacial score (nSPS) is 11.3. The maximum atomic E-state index is 11.4. The number of carbonyl (C=O) groups is 2. The first-order valence-electron chi connectivity index (χ1n) is 5.23. The number of hydrogen-bond acceptors (Lipinski definition) is 3. The van der Waals surface area contributed by atoms with E-state index in [-0.39, 0.29) is 0 Å². The van der Waals surface area contributed by atoms with E-state index >= 15 is 0 Å². The fourth-order valence-corrected chi connectivity index (χ4v) is 1.31. The highest BCUT2D eigenvalue weighted by Gasteiger charge is 2.23. The molecule has 0 aliphatic carbocycles. The minimum absolute atomic E-state index is 0.293. The zero-order valence-electron chi connectivity index (χ0n) is 9.88. The van der Waals surface area contributed by atoms with E-state index in [0.29, 0.717) is 18.5 Å². The van der Waals surface area contributed by atoms with Crippen LogP contribution < -0.4 is 10.6 Å². The number of aryl methyl sites for hydroxylation is 1. The van der Waals surface area contributed by atoms with E-state index in [1.165, 1.54) is 17.1 Å². The van der Waals surface area contributed by atoms with Crippen molar-refractivity contribution in [1.29, 1.82) is 0 Å². The number of carboxylic acids is 1. The minimum atomic E-state index is -1.16. The van der Waals surface area contributed by atoms with E-state index in [1.807, 2.05) is 0 Å². The molecule has 0 aromatic carbocycles. The molecule has 18 heavy (non-hydrogen) atoms. The van der Waals surface area contributed by atoms with Crippen LogP contribution >= 0.6 is 0 Å². The van der Waals surface area contributed by atoms with Gasteiger partial charge in [-0.25, -0.2) is 9.59 Å². The Morgan fingerprint density at radius 1 is 1.67 bits per heavy atom. The van der Waals surface area contributed by atoms with Crippen LogP contribution in [0.3, 0.4) is 0 Å². The summed E-state index contributed by atoms with van der Waals surface area (Å²) < 4.78 is 1.46. The fourth-order valence-electron chi connectivity index (χ4n) is 1.31. The number of carbonyl (C=O) groups excluding carboxylic acids is 1. The number of nitrogens with one attached hydrogen (secondary N) is 2. The van der Waals surface area contributed by atoms with E-state index < -0.39 is 18.0 Å². The molecule has 2 amide bonds. The van der Waals surface area contributed by atoms with Gasteiger partial charge in [0.1, 0.15) is 0 Å². The molecule has 7 heteroatoms. The molecule has 0 saturated heterocycles. The van der Waals surface area contributed by atoms with Crippen molar-refractivity contribution in [2.75, 3.05) is 6.54 Å². The van der Waals surface area contributed by atoms with Crippen molar-refractivity contribution in [3.05, 3.63) is 18.0 Å². The van der Waals surface area contributed by atoms with Gasteiger partial charge < -0.3 is 15.7 Å². The quantitative estimate of drug-likeness (QED) is 0.501. The van der Waals surface area contributed by atoms with Crippen molar-refractivity contribution in [2.24, 2.45) is 7.05 Å². The third kappa shape index (κ3) is 3.83. The molecule has 0 spiro atoms. The van der Waals surface area contributed by atoms with Crippen LogP contribution in [0, 0.1) is 12.3 Å². The van der Waals surface area contributed by atoms with Crippen molar-refractivity contribution in [2.45, 2.75) is 12.5 Å². The molecule has 0 aliphatic heterocycles. The van der Waals surface area contributed by atoms with Crippen molar-refractivity contribution in [1.82, 2.24) is 20.4 Å². The first-order valence-corrected chi connectivity index (χ1v) is 5.23. The number of aromatic nitrogens is 2. The lowest BCUT2D eigenvalue weighted by atomic mass is 10.1. The summed E-state index contributed by atoms with van der Waals surface area (Å²) in [5.41, 5.74) is 0.400. The first-order chi connectivity index (χ1) is 8.54. The molecular formula is C11H14N4O3.